The van der Waals surface area contributed by atoms with E-state index in [2.05, 4.69) is 20.6 Å². The van der Waals surface area contributed by atoms with Crippen molar-refractivity contribution in [2.75, 3.05) is 16.8 Å². The number of nitriles is 1. The van der Waals surface area contributed by atoms with Crippen LogP contribution >= 0.6 is 11.8 Å². The summed E-state index contributed by atoms with van der Waals surface area (Å²) in [4.78, 5) is 12.9. The first-order valence-electron chi connectivity index (χ1n) is 8.24. The third-order valence-electron chi connectivity index (χ3n) is 3.86. The SMILES string of the molecule is CCSc1nnc(N)n1C(C)C(=O)Nc1c(C#N)cnn1-c1ccccc1. The van der Waals surface area contributed by atoms with E-state index in [4.69, 9.17) is 5.73 Å². The summed E-state index contributed by atoms with van der Waals surface area (Å²) in [6, 6.07) is 10.6. The van der Waals surface area contributed by atoms with E-state index in [1.54, 1.807) is 11.5 Å². The number of nitrogens with one attached hydrogen (secondary N) is 1. The Morgan fingerprint density at radius 2 is 2.11 bits per heavy atom. The number of carbonyl (C=O) groups excluding carboxylic acids is 1. The average Bonchev–Trinajstić information content (AvgIpc) is 3.25. The molecule has 1 amide bonds. The van der Waals surface area contributed by atoms with Crippen molar-refractivity contribution in [3.05, 3.63) is 42.1 Å². The number of nitrogen functional groups attached to an aromatic ring is 1. The van der Waals surface area contributed by atoms with Gasteiger partial charge in [0.1, 0.15) is 17.7 Å². The van der Waals surface area contributed by atoms with Crippen LogP contribution in [0.3, 0.4) is 0 Å². The molecule has 1 atom stereocenters. The largest absolute Gasteiger partial charge is 0.368 e. The number of hydrogen-bond donors (Lipinski definition) is 2. The molecule has 2 aromatic heterocycles. The normalized spacial score (nSPS) is 11.7. The van der Waals surface area contributed by atoms with Crippen LogP contribution in [0.2, 0.25) is 0 Å². The minimum atomic E-state index is -0.667. The van der Waals surface area contributed by atoms with Gasteiger partial charge in [-0.3, -0.25) is 9.36 Å². The number of anilines is 2. The topological polar surface area (TPSA) is 127 Å². The number of nitrogens with two attached hydrogens (primary N) is 1. The van der Waals surface area contributed by atoms with Crippen LogP contribution in [-0.4, -0.2) is 36.2 Å². The standard InChI is InChI=1S/C17H18N8OS/c1-3-27-17-23-22-16(19)24(17)11(2)15(26)21-14-12(9-18)10-20-25(14)13-7-5-4-6-8-13/h4-8,10-11H,3H2,1-2H3,(H2,19,22)(H,21,26). The Morgan fingerprint density at radius 1 is 1.37 bits per heavy atom. The summed E-state index contributed by atoms with van der Waals surface area (Å²) < 4.78 is 3.08. The van der Waals surface area contributed by atoms with E-state index in [0.717, 1.165) is 11.4 Å². The minimum Gasteiger partial charge on any atom is -0.368 e. The molecule has 0 aliphatic heterocycles. The summed E-state index contributed by atoms with van der Waals surface area (Å²) in [6.07, 6.45) is 1.42. The number of thioether (sulfide) groups is 1. The fraction of sp³-hybridized carbons (Fsp3) is 0.235. The molecule has 0 bridgehead atoms. The van der Waals surface area contributed by atoms with Gasteiger partial charge in [0.25, 0.3) is 0 Å². The Balaban J connectivity index is 1.92. The lowest BCUT2D eigenvalue weighted by atomic mass is 10.2. The lowest BCUT2D eigenvalue weighted by Gasteiger charge is -2.17. The van der Waals surface area contributed by atoms with Crippen molar-refractivity contribution >= 4 is 29.4 Å². The third-order valence-corrected chi connectivity index (χ3v) is 4.69. The molecular formula is C17H18N8OS. The number of nitrogens with zero attached hydrogens (tertiary/aromatic N) is 6. The molecule has 138 valence electrons. The van der Waals surface area contributed by atoms with Crippen LogP contribution in [-0.2, 0) is 4.79 Å². The highest BCUT2D eigenvalue weighted by atomic mass is 32.2. The third kappa shape index (κ3) is 3.63. The summed E-state index contributed by atoms with van der Waals surface area (Å²) in [5.74, 6) is 0.877. The number of rotatable bonds is 6. The Labute approximate surface area is 160 Å². The molecule has 0 spiro atoms. The zero-order valence-electron chi connectivity index (χ0n) is 14.8. The molecule has 0 aliphatic rings. The molecule has 0 radical (unpaired) electrons. The van der Waals surface area contributed by atoms with Crippen molar-refractivity contribution in [1.82, 2.24) is 24.5 Å². The first kappa shape index (κ1) is 18.5. The lowest BCUT2D eigenvalue weighted by molar-refractivity contribution is -0.119. The van der Waals surface area contributed by atoms with Crippen LogP contribution in [0.15, 0.2) is 41.7 Å². The van der Waals surface area contributed by atoms with Crippen molar-refractivity contribution < 1.29 is 4.79 Å². The van der Waals surface area contributed by atoms with Crippen molar-refractivity contribution in [2.24, 2.45) is 0 Å². The maximum Gasteiger partial charge on any atom is 0.248 e. The average molecular weight is 382 g/mol. The zero-order valence-corrected chi connectivity index (χ0v) is 15.6. The van der Waals surface area contributed by atoms with E-state index in [9.17, 15) is 10.1 Å². The summed E-state index contributed by atoms with van der Waals surface area (Å²) >= 11 is 1.44. The minimum absolute atomic E-state index is 0.158. The zero-order chi connectivity index (χ0) is 19.4. The molecule has 0 fully saturated rings. The van der Waals surface area contributed by atoms with Crippen LogP contribution < -0.4 is 11.1 Å². The number of aromatic nitrogens is 5. The van der Waals surface area contributed by atoms with Crippen LogP contribution in [0.4, 0.5) is 11.8 Å². The maximum atomic E-state index is 12.9. The first-order chi connectivity index (χ1) is 13.1. The van der Waals surface area contributed by atoms with Crippen molar-refractivity contribution in [2.45, 2.75) is 25.0 Å². The van der Waals surface area contributed by atoms with Gasteiger partial charge in [0, 0.05) is 0 Å². The highest BCUT2D eigenvalue weighted by Crippen LogP contribution is 2.25. The maximum absolute atomic E-state index is 12.9. The summed E-state index contributed by atoms with van der Waals surface area (Å²) in [7, 11) is 0. The first-order valence-corrected chi connectivity index (χ1v) is 9.23. The molecule has 10 heteroatoms. The molecule has 1 aromatic carbocycles. The fourth-order valence-corrected chi connectivity index (χ4v) is 3.28. The van der Waals surface area contributed by atoms with E-state index in [-0.39, 0.29) is 17.4 Å². The Hall–Kier alpha value is -3.32. The van der Waals surface area contributed by atoms with Gasteiger partial charge in [0.05, 0.1) is 11.9 Å². The van der Waals surface area contributed by atoms with Crippen LogP contribution in [0.5, 0.6) is 0 Å². The van der Waals surface area contributed by atoms with Gasteiger partial charge >= 0.3 is 0 Å². The molecular weight excluding hydrogens is 364 g/mol. The van der Waals surface area contributed by atoms with E-state index in [1.807, 2.05) is 43.3 Å². The Kier molecular flexibility index (Phi) is 5.42. The van der Waals surface area contributed by atoms with Gasteiger partial charge in [-0.2, -0.15) is 10.4 Å². The van der Waals surface area contributed by atoms with Gasteiger partial charge in [-0.15, -0.1) is 10.2 Å². The van der Waals surface area contributed by atoms with Crippen molar-refractivity contribution in [3.63, 3.8) is 0 Å². The summed E-state index contributed by atoms with van der Waals surface area (Å²) in [5, 5.41) is 24.8. The number of amides is 1. The van der Waals surface area contributed by atoms with Gasteiger partial charge in [-0.05, 0) is 24.8 Å². The summed E-state index contributed by atoms with van der Waals surface area (Å²) in [5.41, 5.74) is 6.88. The van der Waals surface area contributed by atoms with Gasteiger partial charge in [-0.25, -0.2) is 4.68 Å². The number of para-hydroxylation sites is 1. The number of hydrogen-bond acceptors (Lipinski definition) is 7. The van der Waals surface area contributed by atoms with E-state index in [1.165, 1.54) is 22.6 Å². The second kappa shape index (κ2) is 7.92. The number of carbonyl (C=O) groups is 1. The highest BCUT2D eigenvalue weighted by molar-refractivity contribution is 7.99. The molecule has 1 unspecified atom stereocenters. The lowest BCUT2D eigenvalue weighted by Crippen LogP contribution is -2.26. The highest BCUT2D eigenvalue weighted by Gasteiger charge is 2.24. The monoisotopic (exact) mass is 382 g/mol. The molecule has 0 aliphatic carbocycles. The van der Waals surface area contributed by atoms with Gasteiger partial charge in [-0.1, -0.05) is 36.9 Å². The van der Waals surface area contributed by atoms with E-state index in [0.29, 0.717) is 11.0 Å². The molecule has 3 rings (SSSR count). The molecule has 0 saturated carbocycles. The predicted molar refractivity (Wildman–Crippen MR) is 102 cm³/mol. The second-order valence-corrected chi connectivity index (χ2v) is 6.81. The predicted octanol–water partition coefficient (Wildman–Crippen LogP) is 2.23. The molecule has 3 N–H and O–H groups in total. The van der Waals surface area contributed by atoms with Gasteiger partial charge < -0.3 is 11.1 Å². The molecule has 0 saturated heterocycles. The van der Waals surface area contributed by atoms with Crippen molar-refractivity contribution in [3.8, 4) is 11.8 Å². The fourth-order valence-electron chi connectivity index (χ4n) is 2.53. The quantitative estimate of drug-likeness (QED) is 0.626. The Bertz CT molecular complexity index is 988. The smallest absolute Gasteiger partial charge is 0.248 e. The van der Waals surface area contributed by atoms with Crippen molar-refractivity contribution in [1.29, 1.82) is 5.26 Å². The number of benzene rings is 1. The van der Waals surface area contributed by atoms with E-state index < -0.39 is 6.04 Å². The molecule has 2 heterocycles. The molecule has 3 aromatic rings. The Morgan fingerprint density at radius 3 is 2.78 bits per heavy atom. The van der Waals surface area contributed by atoms with Crippen LogP contribution in [0.1, 0.15) is 25.5 Å². The van der Waals surface area contributed by atoms with Crippen LogP contribution in [0, 0.1) is 11.3 Å². The molecule has 27 heavy (non-hydrogen) atoms. The second-order valence-electron chi connectivity index (χ2n) is 5.58. The van der Waals surface area contributed by atoms with E-state index >= 15 is 0 Å². The van der Waals surface area contributed by atoms with Crippen LogP contribution in [0.25, 0.3) is 5.69 Å². The summed E-state index contributed by atoms with van der Waals surface area (Å²) in [6.45, 7) is 3.67. The molecule has 9 nitrogen and oxygen atoms in total. The van der Waals surface area contributed by atoms with Gasteiger partial charge in [0.15, 0.2) is 11.0 Å². The van der Waals surface area contributed by atoms with Gasteiger partial charge in [0.2, 0.25) is 11.9 Å².